The topological polar surface area (TPSA) is 55.8 Å². The zero-order valence-electron chi connectivity index (χ0n) is 9.90. The molecule has 0 saturated carbocycles. The number of rotatable bonds is 5. The minimum absolute atomic E-state index is 0.280. The summed E-state index contributed by atoms with van der Waals surface area (Å²) in [5.74, 6) is -0.995. The maximum absolute atomic E-state index is 11.7. The zero-order valence-corrected chi connectivity index (χ0v) is 9.90. The van der Waals surface area contributed by atoms with E-state index in [0.29, 0.717) is 0 Å². The second-order valence-corrected chi connectivity index (χ2v) is 3.65. The van der Waals surface area contributed by atoms with Gasteiger partial charge in [0.2, 0.25) is 6.04 Å². The van der Waals surface area contributed by atoms with E-state index >= 15 is 0 Å². The molecule has 0 bridgehead atoms. The van der Waals surface area contributed by atoms with Gasteiger partial charge in [0.1, 0.15) is 0 Å². The standard InChI is InChI=1S/C11H19NO4/c1-3-15-10(13)9(11(14)16-4-2)12-7-5-6-8-12/h9H,3-8H2,1-2H3. The second-order valence-electron chi connectivity index (χ2n) is 3.65. The summed E-state index contributed by atoms with van der Waals surface area (Å²) in [6, 6.07) is -0.873. The van der Waals surface area contributed by atoms with Crippen LogP contribution in [0.4, 0.5) is 0 Å². The highest BCUT2D eigenvalue weighted by Crippen LogP contribution is 2.14. The van der Waals surface area contributed by atoms with Gasteiger partial charge in [-0.3, -0.25) is 4.90 Å². The Bertz CT molecular complexity index is 230. The molecule has 1 fully saturated rings. The van der Waals surface area contributed by atoms with Crippen LogP contribution in [0.25, 0.3) is 0 Å². The maximum atomic E-state index is 11.7. The Hall–Kier alpha value is -1.10. The van der Waals surface area contributed by atoms with E-state index < -0.39 is 18.0 Å². The summed E-state index contributed by atoms with van der Waals surface area (Å²) in [5.41, 5.74) is 0. The van der Waals surface area contributed by atoms with Gasteiger partial charge in [-0.25, -0.2) is 9.59 Å². The molecule has 5 nitrogen and oxygen atoms in total. The van der Waals surface area contributed by atoms with Crippen molar-refractivity contribution in [2.45, 2.75) is 32.7 Å². The second kappa shape index (κ2) is 6.48. The van der Waals surface area contributed by atoms with E-state index in [1.165, 1.54) is 0 Å². The monoisotopic (exact) mass is 229 g/mol. The predicted molar refractivity (Wildman–Crippen MR) is 57.9 cm³/mol. The van der Waals surface area contributed by atoms with E-state index in [1.807, 2.05) is 4.90 Å². The fraction of sp³-hybridized carbons (Fsp3) is 0.818. The molecule has 0 aromatic rings. The van der Waals surface area contributed by atoms with E-state index in [4.69, 9.17) is 9.47 Å². The summed E-state index contributed by atoms with van der Waals surface area (Å²) >= 11 is 0. The van der Waals surface area contributed by atoms with Gasteiger partial charge in [0.05, 0.1) is 13.2 Å². The van der Waals surface area contributed by atoms with Gasteiger partial charge in [0.25, 0.3) is 0 Å². The zero-order chi connectivity index (χ0) is 12.0. The van der Waals surface area contributed by atoms with Crippen molar-refractivity contribution >= 4 is 11.9 Å². The fourth-order valence-corrected chi connectivity index (χ4v) is 1.84. The summed E-state index contributed by atoms with van der Waals surface area (Å²) in [4.78, 5) is 25.2. The summed E-state index contributed by atoms with van der Waals surface area (Å²) < 4.78 is 9.80. The van der Waals surface area contributed by atoms with E-state index in [9.17, 15) is 9.59 Å². The summed E-state index contributed by atoms with van der Waals surface area (Å²) in [5, 5.41) is 0. The van der Waals surface area contributed by atoms with Gasteiger partial charge in [0.15, 0.2) is 0 Å². The molecule has 0 aromatic carbocycles. The molecule has 0 aromatic heterocycles. The van der Waals surface area contributed by atoms with Gasteiger partial charge >= 0.3 is 11.9 Å². The van der Waals surface area contributed by atoms with Gasteiger partial charge in [-0.2, -0.15) is 0 Å². The Morgan fingerprint density at radius 3 is 1.88 bits per heavy atom. The van der Waals surface area contributed by atoms with E-state index in [-0.39, 0.29) is 13.2 Å². The van der Waals surface area contributed by atoms with E-state index in [0.717, 1.165) is 25.9 Å². The van der Waals surface area contributed by atoms with E-state index in [2.05, 4.69) is 0 Å². The number of esters is 2. The van der Waals surface area contributed by atoms with Crippen molar-refractivity contribution in [3.63, 3.8) is 0 Å². The van der Waals surface area contributed by atoms with Crippen molar-refractivity contribution < 1.29 is 19.1 Å². The van der Waals surface area contributed by atoms with Crippen molar-refractivity contribution in [1.29, 1.82) is 0 Å². The lowest BCUT2D eigenvalue weighted by molar-refractivity contribution is -0.163. The molecule has 92 valence electrons. The van der Waals surface area contributed by atoms with Crippen LogP contribution in [0.1, 0.15) is 26.7 Å². The average molecular weight is 229 g/mol. The molecule has 5 heteroatoms. The van der Waals surface area contributed by atoms with Gasteiger partial charge in [-0.15, -0.1) is 0 Å². The molecule has 1 heterocycles. The molecule has 0 radical (unpaired) electrons. The third kappa shape index (κ3) is 3.20. The first-order valence-electron chi connectivity index (χ1n) is 5.78. The molecule has 1 aliphatic rings. The number of hydrogen-bond donors (Lipinski definition) is 0. The first-order chi connectivity index (χ1) is 7.70. The number of ether oxygens (including phenoxy) is 2. The molecule has 0 aliphatic carbocycles. The first-order valence-corrected chi connectivity index (χ1v) is 5.78. The third-order valence-corrected chi connectivity index (χ3v) is 2.53. The lowest BCUT2D eigenvalue weighted by Crippen LogP contribution is -2.47. The molecule has 1 rings (SSSR count). The van der Waals surface area contributed by atoms with Crippen LogP contribution in [-0.2, 0) is 19.1 Å². The molecular weight excluding hydrogens is 210 g/mol. The average Bonchev–Trinajstić information content (AvgIpc) is 2.72. The van der Waals surface area contributed by atoms with Crippen molar-refractivity contribution in [2.24, 2.45) is 0 Å². The SMILES string of the molecule is CCOC(=O)C(C(=O)OCC)N1CCCC1. The Morgan fingerprint density at radius 1 is 1.06 bits per heavy atom. The van der Waals surface area contributed by atoms with Crippen LogP contribution in [0.5, 0.6) is 0 Å². The molecule has 0 atom stereocenters. The number of carbonyl (C=O) groups excluding carboxylic acids is 2. The summed E-state index contributed by atoms with van der Waals surface area (Å²) in [6.07, 6.45) is 2.02. The normalized spacial score (nSPS) is 16.4. The van der Waals surface area contributed by atoms with Crippen molar-refractivity contribution in [1.82, 2.24) is 4.90 Å². The van der Waals surface area contributed by atoms with Gasteiger partial charge < -0.3 is 9.47 Å². The fourth-order valence-electron chi connectivity index (χ4n) is 1.84. The number of likely N-dealkylation sites (tertiary alicyclic amines) is 1. The molecule has 0 amide bonds. The summed E-state index contributed by atoms with van der Waals surface area (Å²) in [7, 11) is 0. The highest BCUT2D eigenvalue weighted by molar-refractivity contribution is 5.99. The van der Waals surface area contributed by atoms with Crippen molar-refractivity contribution in [3.8, 4) is 0 Å². The quantitative estimate of drug-likeness (QED) is 0.510. The van der Waals surface area contributed by atoms with Crippen LogP contribution in [-0.4, -0.2) is 49.2 Å². The molecule has 1 aliphatic heterocycles. The lowest BCUT2D eigenvalue weighted by atomic mass is 10.2. The molecule has 0 N–H and O–H groups in total. The van der Waals surface area contributed by atoms with E-state index in [1.54, 1.807) is 13.8 Å². The number of hydrogen-bond acceptors (Lipinski definition) is 5. The highest BCUT2D eigenvalue weighted by Gasteiger charge is 2.36. The van der Waals surface area contributed by atoms with Gasteiger partial charge in [0, 0.05) is 0 Å². The minimum Gasteiger partial charge on any atom is -0.464 e. The maximum Gasteiger partial charge on any atom is 0.335 e. The third-order valence-electron chi connectivity index (χ3n) is 2.53. The predicted octanol–water partition coefficient (Wildman–Crippen LogP) is 0.577. The van der Waals surface area contributed by atoms with Gasteiger partial charge in [-0.1, -0.05) is 0 Å². The smallest absolute Gasteiger partial charge is 0.335 e. The van der Waals surface area contributed by atoms with Crippen LogP contribution >= 0.6 is 0 Å². The van der Waals surface area contributed by atoms with Crippen LogP contribution in [0.15, 0.2) is 0 Å². The molecule has 1 saturated heterocycles. The molecule has 0 unspecified atom stereocenters. The lowest BCUT2D eigenvalue weighted by Gasteiger charge is -2.23. The van der Waals surface area contributed by atoms with Crippen molar-refractivity contribution in [2.75, 3.05) is 26.3 Å². The molecule has 16 heavy (non-hydrogen) atoms. The Kier molecular flexibility index (Phi) is 5.25. The highest BCUT2D eigenvalue weighted by atomic mass is 16.6. The van der Waals surface area contributed by atoms with Crippen LogP contribution in [0, 0.1) is 0 Å². The Morgan fingerprint density at radius 2 is 1.50 bits per heavy atom. The molecule has 0 spiro atoms. The molecular formula is C11H19NO4. The van der Waals surface area contributed by atoms with Crippen LogP contribution in [0.2, 0.25) is 0 Å². The Balaban J connectivity index is 2.67. The number of carbonyl (C=O) groups is 2. The minimum atomic E-state index is -0.873. The van der Waals surface area contributed by atoms with Crippen molar-refractivity contribution in [3.05, 3.63) is 0 Å². The number of nitrogens with zero attached hydrogens (tertiary/aromatic N) is 1. The van der Waals surface area contributed by atoms with Crippen LogP contribution < -0.4 is 0 Å². The summed E-state index contributed by atoms with van der Waals surface area (Å²) in [6.45, 7) is 5.52. The van der Waals surface area contributed by atoms with Crippen LogP contribution in [0.3, 0.4) is 0 Å². The van der Waals surface area contributed by atoms with Gasteiger partial charge in [-0.05, 0) is 39.8 Å². The largest absolute Gasteiger partial charge is 0.464 e. The first kappa shape index (κ1) is 13.0. The Labute approximate surface area is 95.7 Å².